The minimum Gasteiger partial charge on any atom is -0.369 e. The Balaban J connectivity index is 2.42. The number of halogens is 3. The molecular formula is C17H18F3N3O. The van der Waals surface area contributed by atoms with E-state index in [0.717, 1.165) is 17.7 Å². The summed E-state index contributed by atoms with van der Waals surface area (Å²) in [5.41, 5.74) is 9.06. The summed E-state index contributed by atoms with van der Waals surface area (Å²) in [6.07, 6.45) is -4.69. The summed E-state index contributed by atoms with van der Waals surface area (Å²) >= 11 is 0. The van der Waals surface area contributed by atoms with Crippen molar-refractivity contribution in [3.63, 3.8) is 0 Å². The second-order valence-electron chi connectivity index (χ2n) is 5.75. The molecule has 7 heteroatoms. The van der Waals surface area contributed by atoms with E-state index in [2.05, 4.69) is 29.5 Å². The lowest BCUT2D eigenvalue weighted by Crippen LogP contribution is -2.49. The fraction of sp³-hybridized carbons (Fsp3) is 0.294. The Labute approximate surface area is 137 Å². The molecule has 0 aliphatic carbocycles. The summed E-state index contributed by atoms with van der Waals surface area (Å²) < 4.78 is 38.7. The van der Waals surface area contributed by atoms with Crippen LogP contribution in [-0.4, -0.2) is 12.1 Å². The number of carbonyl (C=O) groups excluding carboxylic acids is 1. The van der Waals surface area contributed by atoms with Crippen LogP contribution >= 0.6 is 0 Å². The van der Waals surface area contributed by atoms with E-state index < -0.39 is 29.7 Å². The number of hydrogen-bond donors (Lipinski definition) is 3. The van der Waals surface area contributed by atoms with Gasteiger partial charge in [0.2, 0.25) is 5.91 Å². The number of nitrogens with two attached hydrogens (primary N) is 1. The van der Waals surface area contributed by atoms with Gasteiger partial charge < -0.3 is 16.4 Å². The van der Waals surface area contributed by atoms with Gasteiger partial charge in [-0.15, -0.1) is 12.3 Å². The molecule has 2 unspecified atom stereocenters. The Morgan fingerprint density at radius 2 is 2.08 bits per heavy atom. The summed E-state index contributed by atoms with van der Waals surface area (Å²) in [5.74, 6) is -1.16. The number of carbonyl (C=O) groups is 1. The smallest absolute Gasteiger partial charge is 0.369 e. The monoisotopic (exact) mass is 337 g/mol. The van der Waals surface area contributed by atoms with E-state index in [0.29, 0.717) is 12.1 Å². The molecule has 4 N–H and O–H groups in total. The van der Waals surface area contributed by atoms with Crippen molar-refractivity contribution < 1.29 is 18.0 Å². The summed E-state index contributed by atoms with van der Waals surface area (Å²) in [7, 11) is 0. The number of anilines is 1. The normalized spacial score (nSPS) is 17.8. The van der Waals surface area contributed by atoms with Gasteiger partial charge in [-0.25, -0.2) is 0 Å². The number of rotatable bonds is 4. The van der Waals surface area contributed by atoms with E-state index in [9.17, 15) is 18.0 Å². The summed E-state index contributed by atoms with van der Waals surface area (Å²) in [4.78, 5) is 11.7. The molecule has 1 heterocycles. The van der Waals surface area contributed by atoms with Crippen molar-refractivity contribution >= 4 is 17.3 Å². The Morgan fingerprint density at radius 1 is 1.42 bits per heavy atom. The third kappa shape index (κ3) is 3.63. The van der Waals surface area contributed by atoms with Gasteiger partial charge in [0.25, 0.3) is 0 Å². The van der Waals surface area contributed by atoms with Gasteiger partial charge in [0.15, 0.2) is 0 Å². The van der Waals surface area contributed by atoms with Crippen molar-refractivity contribution in [2.45, 2.75) is 25.7 Å². The Kier molecular flexibility index (Phi) is 4.76. The molecule has 128 valence electrons. The van der Waals surface area contributed by atoms with Gasteiger partial charge in [-0.2, -0.15) is 13.2 Å². The molecule has 0 aromatic heterocycles. The van der Waals surface area contributed by atoms with Crippen LogP contribution in [0.5, 0.6) is 0 Å². The van der Waals surface area contributed by atoms with Crippen LogP contribution in [0.15, 0.2) is 42.7 Å². The van der Waals surface area contributed by atoms with E-state index in [1.165, 1.54) is 6.07 Å². The van der Waals surface area contributed by atoms with Crippen LogP contribution in [0.4, 0.5) is 18.9 Å². The average molecular weight is 337 g/mol. The third-order valence-corrected chi connectivity index (χ3v) is 3.74. The highest BCUT2D eigenvalue weighted by atomic mass is 19.4. The Bertz CT molecular complexity index is 733. The first-order valence-electron chi connectivity index (χ1n) is 7.22. The van der Waals surface area contributed by atoms with Gasteiger partial charge >= 0.3 is 6.18 Å². The number of primary amides is 1. The summed E-state index contributed by atoms with van der Waals surface area (Å²) in [6.45, 7) is 9.05. The maximum atomic E-state index is 12.9. The molecule has 1 aromatic rings. The zero-order chi connectivity index (χ0) is 18.1. The van der Waals surface area contributed by atoms with Gasteiger partial charge in [0.05, 0.1) is 17.2 Å². The van der Waals surface area contributed by atoms with Gasteiger partial charge in [-0.3, -0.25) is 4.79 Å². The van der Waals surface area contributed by atoms with Crippen LogP contribution in [0.1, 0.15) is 24.5 Å². The zero-order valence-corrected chi connectivity index (χ0v) is 13.1. The molecule has 2 rings (SSSR count). The van der Waals surface area contributed by atoms with Crippen LogP contribution in [0, 0.1) is 5.92 Å². The minimum atomic E-state index is -4.45. The predicted octanol–water partition coefficient (Wildman–Crippen LogP) is 3.24. The molecule has 1 amide bonds. The molecule has 1 aliphatic heterocycles. The molecule has 2 atom stereocenters. The number of amides is 1. The largest absolute Gasteiger partial charge is 0.416 e. The molecule has 1 aliphatic rings. The lowest BCUT2D eigenvalue weighted by Gasteiger charge is -2.34. The molecule has 0 saturated carbocycles. The van der Waals surface area contributed by atoms with E-state index in [1.54, 1.807) is 6.92 Å². The topological polar surface area (TPSA) is 67.1 Å². The highest BCUT2D eigenvalue weighted by molar-refractivity contribution is 5.82. The van der Waals surface area contributed by atoms with Crippen LogP contribution in [-0.2, 0) is 11.0 Å². The molecule has 0 saturated heterocycles. The van der Waals surface area contributed by atoms with Crippen molar-refractivity contribution in [3.8, 4) is 0 Å². The van der Waals surface area contributed by atoms with Crippen LogP contribution in [0.2, 0.25) is 0 Å². The third-order valence-electron chi connectivity index (χ3n) is 3.74. The first kappa shape index (κ1) is 17.7. The fourth-order valence-corrected chi connectivity index (χ4v) is 2.60. The number of alkyl halides is 3. The van der Waals surface area contributed by atoms with Gasteiger partial charge in [0, 0.05) is 11.3 Å². The number of nitrogens with one attached hydrogen (secondary N) is 2. The maximum Gasteiger partial charge on any atom is 0.416 e. The molecule has 1 aromatic carbocycles. The molecule has 0 fully saturated rings. The predicted molar refractivity (Wildman–Crippen MR) is 86.7 cm³/mol. The summed E-state index contributed by atoms with van der Waals surface area (Å²) in [5, 5.41) is 5.97. The van der Waals surface area contributed by atoms with Crippen molar-refractivity contribution in [2.75, 3.05) is 5.32 Å². The molecule has 0 bridgehead atoms. The van der Waals surface area contributed by atoms with Gasteiger partial charge in [-0.1, -0.05) is 12.2 Å². The Morgan fingerprint density at radius 3 is 2.58 bits per heavy atom. The lowest BCUT2D eigenvalue weighted by atomic mass is 9.93. The fourth-order valence-electron chi connectivity index (χ4n) is 2.60. The highest BCUT2D eigenvalue weighted by Crippen LogP contribution is 2.36. The van der Waals surface area contributed by atoms with Crippen molar-refractivity contribution in [1.82, 2.24) is 5.32 Å². The van der Waals surface area contributed by atoms with Gasteiger partial charge in [0.1, 0.15) is 6.17 Å². The minimum absolute atomic E-state index is 0.285. The van der Waals surface area contributed by atoms with E-state index in [1.807, 2.05) is 0 Å². The molecule has 4 nitrogen and oxygen atoms in total. The zero-order valence-electron chi connectivity index (χ0n) is 13.1. The second kappa shape index (κ2) is 6.45. The Hall–Kier alpha value is -2.66. The number of fused-ring (bicyclic) bond motifs is 1. The SMILES string of the molecule is C=C=C1NC(C(CC(=C)C)C(N)=O)Nc2ccc(C(F)(F)F)cc21. The van der Waals surface area contributed by atoms with Crippen LogP contribution < -0.4 is 16.4 Å². The van der Waals surface area contributed by atoms with E-state index in [-0.39, 0.29) is 11.3 Å². The first-order chi connectivity index (χ1) is 11.1. The lowest BCUT2D eigenvalue weighted by molar-refractivity contribution is -0.137. The van der Waals surface area contributed by atoms with Crippen LogP contribution in [0.25, 0.3) is 5.70 Å². The van der Waals surface area contributed by atoms with E-state index >= 15 is 0 Å². The van der Waals surface area contributed by atoms with Crippen LogP contribution in [0.3, 0.4) is 0 Å². The second-order valence-corrected chi connectivity index (χ2v) is 5.75. The van der Waals surface area contributed by atoms with Crippen molar-refractivity contribution in [1.29, 1.82) is 0 Å². The molecule has 0 spiro atoms. The highest BCUT2D eigenvalue weighted by Gasteiger charge is 2.35. The quantitative estimate of drug-likeness (QED) is 0.584. The first-order valence-corrected chi connectivity index (χ1v) is 7.22. The number of allylic oxidation sites excluding steroid dienone is 1. The standard InChI is InChI=1S/C17H18F3N3O/c1-4-13-11-8-10(17(18,19)20)5-6-14(11)23-16(22-13)12(15(21)24)7-9(2)3/h5-6,8,12,16,22-23H,1-2,7H2,3H3,(H2,21,24). The summed E-state index contributed by atoms with van der Waals surface area (Å²) in [6, 6.07) is 3.31. The van der Waals surface area contributed by atoms with Crippen molar-refractivity contribution in [2.24, 2.45) is 11.7 Å². The number of benzene rings is 1. The number of hydrogen-bond acceptors (Lipinski definition) is 3. The molecule has 24 heavy (non-hydrogen) atoms. The van der Waals surface area contributed by atoms with E-state index in [4.69, 9.17) is 5.73 Å². The molecule has 0 radical (unpaired) electrons. The average Bonchev–Trinajstić information content (AvgIpc) is 2.49. The van der Waals surface area contributed by atoms with Crippen molar-refractivity contribution in [3.05, 3.63) is 53.8 Å². The van der Waals surface area contributed by atoms with Gasteiger partial charge in [-0.05, 0) is 31.5 Å². The molecular weight excluding hydrogens is 319 g/mol. The maximum absolute atomic E-state index is 12.9.